The number of tetrazole rings is 1. The second-order valence-electron chi connectivity index (χ2n) is 6.07. The number of esters is 1. The first kappa shape index (κ1) is 19.5. The van der Waals surface area contributed by atoms with Gasteiger partial charge in [0.1, 0.15) is 6.33 Å². The van der Waals surface area contributed by atoms with Gasteiger partial charge in [0.05, 0.1) is 0 Å². The van der Waals surface area contributed by atoms with Gasteiger partial charge in [0.25, 0.3) is 5.91 Å². The van der Waals surface area contributed by atoms with Crippen molar-refractivity contribution in [2.45, 2.75) is 25.5 Å². The smallest absolute Gasteiger partial charge is 0.332 e. The van der Waals surface area contributed by atoms with Gasteiger partial charge in [-0.2, -0.15) is 0 Å². The maximum Gasteiger partial charge on any atom is 0.332 e. The topological polar surface area (TPSA) is 99.0 Å². The van der Waals surface area contributed by atoms with E-state index >= 15 is 0 Å². The molecule has 1 amide bonds. The summed E-state index contributed by atoms with van der Waals surface area (Å²) < 4.78 is 6.69. The van der Waals surface area contributed by atoms with E-state index in [0.29, 0.717) is 17.1 Å². The number of hydrogen-bond donors (Lipinski definition) is 1. The fraction of sp³-hybridized carbons (Fsp3) is 0.211. The molecule has 28 heavy (non-hydrogen) atoms. The highest BCUT2D eigenvalue weighted by molar-refractivity contribution is 6.30. The Balaban J connectivity index is 1.67. The predicted octanol–water partition coefficient (Wildman–Crippen LogP) is 2.68. The molecule has 0 aliphatic heterocycles. The lowest BCUT2D eigenvalue weighted by Gasteiger charge is -2.19. The number of ether oxygens (including phenoxy) is 1. The minimum atomic E-state index is -1.01. The molecule has 0 bridgehead atoms. The van der Waals surface area contributed by atoms with Gasteiger partial charge in [0, 0.05) is 17.1 Å². The van der Waals surface area contributed by atoms with E-state index in [1.807, 2.05) is 30.3 Å². The highest BCUT2D eigenvalue weighted by Gasteiger charge is 2.27. The van der Waals surface area contributed by atoms with E-state index in [9.17, 15) is 9.59 Å². The van der Waals surface area contributed by atoms with E-state index < -0.39 is 24.0 Å². The Hall–Kier alpha value is -3.26. The average Bonchev–Trinajstić information content (AvgIpc) is 3.21. The maximum atomic E-state index is 12.7. The molecular formula is C19H18ClN5O3. The zero-order valence-electron chi connectivity index (χ0n) is 15.0. The SMILES string of the molecule is C[C@H](OC(=O)[C@H](Cc1ccccc1)n1cnnn1)C(=O)Nc1cccc(Cl)c1. The van der Waals surface area contributed by atoms with Crippen LogP contribution in [0.4, 0.5) is 5.69 Å². The van der Waals surface area contributed by atoms with Crippen LogP contribution in [0, 0.1) is 0 Å². The Morgan fingerprint density at radius 2 is 1.96 bits per heavy atom. The van der Waals surface area contributed by atoms with Gasteiger partial charge < -0.3 is 10.1 Å². The fourth-order valence-corrected chi connectivity index (χ4v) is 2.74. The Kier molecular flexibility index (Phi) is 6.33. The van der Waals surface area contributed by atoms with E-state index in [1.165, 1.54) is 17.9 Å². The quantitative estimate of drug-likeness (QED) is 0.613. The van der Waals surface area contributed by atoms with Crippen molar-refractivity contribution in [1.29, 1.82) is 0 Å². The molecule has 1 aromatic heterocycles. The number of nitrogens with zero attached hydrogens (tertiary/aromatic N) is 4. The summed E-state index contributed by atoms with van der Waals surface area (Å²) in [4.78, 5) is 25.1. The predicted molar refractivity (Wildman–Crippen MR) is 103 cm³/mol. The van der Waals surface area contributed by atoms with Crippen molar-refractivity contribution in [2.75, 3.05) is 5.32 Å². The molecule has 3 aromatic rings. The average molecular weight is 400 g/mol. The molecule has 0 radical (unpaired) electrons. The number of halogens is 1. The summed E-state index contributed by atoms with van der Waals surface area (Å²) in [6.07, 6.45) is 0.653. The van der Waals surface area contributed by atoms with Crippen LogP contribution < -0.4 is 5.32 Å². The van der Waals surface area contributed by atoms with Crippen molar-refractivity contribution in [3.8, 4) is 0 Å². The van der Waals surface area contributed by atoms with Crippen LogP contribution in [0.25, 0.3) is 0 Å². The number of carbonyl (C=O) groups is 2. The van der Waals surface area contributed by atoms with E-state index in [-0.39, 0.29) is 0 Å². The number of anilines is 1. The number of aromatic nitrogens is 4. The fourth-order valence-electron chi connectivity index (χ4n) is 2.55. The van der Waals surface area contributed by atoms with Crippen LogP contribution >= 0.6 is 11.6 Å². The lowest BCUT2D eigenvalue weighted by atomic mass is 10.1. The number of hydrogen-bond acceptors (Lipinski definition) is 6. The second kappa shape index (κ2) is 9.09. The summed E-state index contributed by atoms with van der Waals surface area (Å²) in [6, 6.07) is 15.3. The highest BCUT2D eigenvalue weighted by Crippen LogP contribution is 2.18. The van der Waals surface area contributed by atoms with Gasteiger partial charge in [-0.05, 0) is 41.1 Å². The normalized spacial score (nSPS) is 12.8. The van der Waals surface area contributed by atoms with Crippen molar-refractivity contribution in [1.82, 2.24) is 20.2 Å². The third-order valence-corrected chi connectivity index (χ3v) is 4.22. The maximum absolute atomic E-state index is 12.7. The van der Waals surface area contributed by atoms with Gasteiger partial charge in [0.2, 0.25) is 0 Å². The van der Waals surface area contributed by atoms with Crippen LogP contribution in [-0.2, 0) is 20.7 Å². The monoisotopic (exact) mass is 399 g/mol. The number of amides is 1. The third kappa shape index (κ3) is 5.14. The lowest BCUT2D eigenvalue weighted by Crippen LogP contribution is -2.34. The Morgan fingerprint density at radius 3 is 2.64 bits per heavy atom. The molecule has 0 aliphatic carbocycles. The molecule has 3 rings (SSSR count). The molecular weight excluding hydrogens is 382 g/mol. The molecule has 2 atom stereocenters. The zero-order chi connectivity index (χ0) is 19.9. The molecule has 1 heterocycles. The molecule has 0 aliphatic rings. The molecule has 0 saturated heterocycles. The summed E-state index contributed by atoms with van der Waals surface area (Å²) in [7, 11) is 0. The number of benzene rings is 2. The number of rotatable bonds is 7. The Labute approximate surface area is 166 Å². The van der Waals surface area contributed by atoms with Crippen LogP contribution in [0.1, 0.15) is 18.5 Å². The van der Waals surface area contributed by atoms with Crippen molar-refractivity contribution in [3.05, 3.63) is 71.5 Å². The van der Waals surface area contributed by atoms with Gasteiger partial charge in [0.15, 0.2) is 12.1 Å². The summed E-state index contributed by atoms with van der Waals surface area (Å²) >= 11 is 5.91. The van der Waals surface area contributed by atoms with Crippen LogP contribution in [0.2, 0.25) is 5.02 Å². The van der Waals surface area contributed by atoms with Crippen LogP contribution in [0.3, 0.4) is 0 Å². The van der Waals surface area contributed by atoms with E-state index in [0.717, 1.165) is 5.56 Å². The van der Waals surface area contributed by atoms with Crippen molar-refractivity contribution in [3.63, 3.8) is 0 Å². The van der Waals surface area contributed by atoms with Gasteiger partial charge in [-0.15, -0.1) is 5.10 Å². The molecule has 0 fully saturated rings. The Morgan fingerprint density at radius 1 is 1.18 bits per heavy atom. The number of nitrogens with one attached hydrogen (secondary N) is 1. The van der Waals surface area contributed by atoms with Crippen LogP contribution in [0.15, 0.2) is 60.9 Å². The molecule has 144 valence electrons. The number of carbonyl (C=O) groups excluding carboxylic acids is 2. The van der Waals surface area contributed by atoms with Crippen molar-refractivity contribution < 1.29 is 14.3 Å². The molecule has 0 unspecified atom stereocenters. The summed E-state index contributed by atoms with van der Waals surface area (Å²) in [5.74, 6) is -1.07. The molecule has 8 nitrogen and oxygen atoms in total. The summed E-state index contributed by atoms with van der Waals surface area (Å²) in [6.45, 7) is 1.50. The summed E-state index contributed by atoms with van der Waals surface area (Å²) in [5.41, 5.74) is 1.43. The standard InChI is InChI=1S/C19H18ClN5O3/c1-13(18(26)22-16-9-5-8-15(20)11-16)28-19(27)17(25-12-21-23-24-25)10-14-6-3-2-4-7-14/h2-9,11-13,17H,10H2,1H3,(H,22,26)/t13-,17-/m0/s1. The minimum absolute atomic E-state index is 0.327. The van der Waals surface area contributed by atoms with E-state index in [2.05, 4.69) is 20.8 Å². The largest absolute Gasteiger partial charge is 0.451 e. The van der Waals surface area contributed by atoms with Gasteiger partial charge in [-0.1, -0.05) is 48.0 Å². The molecule has 9 heteroatoms. The molecule has 2 aromatic carbocycles. The Bertz CT molecular complexity index is 934. The van der Waals surface area contributed by atoms with Crippen molar-refractivity contribution >= 4 is 29.2 Å². The van der Waals surface area contributed by atoms with Gasteiger partial charge >= 0.3 is 5.97 Å². The van der Waals surface area contributed by atoms with Crippen LogP contribution in [0.5, 0.6) is 0 Å². The minimum Gasteiger partial charge on any atom is -0.451 e. The van der Waals surface area contributed by atoms with Gasteiger partial charge in [-0.3, -0.25) is 4.79 Å². The van der Waals surface area contributed by atoms with Gasteiger partial charge in [-0.25, -0.2) is 9.48 Å². The second-order valence-corrected chi connectivity index (χ2v) is 6.51. The highest BCUT2D eigenvalue weighted by atomic mass is 35.5. The zero-order valence-corrected chi connectivity index (χ0v) is 15.8. The van der Waals surface area contributed by atoms with Crippen molar-refractivity contribution in [2.24, 2.45) is 0 Å². The first-order chi connectivity index (χ1) is 13.5. The lowest BCUT2D eigenvalue weighted by molar-refractivity contribution is -0.156. The van der Waals surface area contributed by atoms with E-state index in [4.69, 9.17) is 16.3 Å². The first-order valence-corrected chi connectivity index (χ1v) is 8.94. The molecule has 0 spiro atoms. The molecule has 0 saturated carbocycles. The van der Waals surface area contributed by atoms with E-state index in [1.54, 1.807) is 24.3 Å². The molecule has 1 N–H and O–H groups in total. The first-order valence-electron chi connectivity index (χ1n) is 8.56. The third-order valence-electron chi connectivity index (χ3n) is 3.98. The summed E-state index contributed by atoms with van der Waals surface area (Å²) in [5, 5.41) is 14.1. The van der Waals surface area contributed by atoms with Crippen LogP contribution in [-0.4, -0.2) is 38.2 Å².